The first-order valence-electron chi connectivity index (χ1n) is 12.2. The predicted molar refractivity (Wildman–Crippen MR) is 135 cm³/mol. The molecule has 0 radical (unpaired) electrons. The van der Waals surface area contributed by atoms with Crippen LogP contribution in [0.1, 0.15) is 86.2 Å². The van der Waals surface area contributed by atoms with E-state index in [1.54, 1.807) is 25.7 Å². The molecule has 8 nitrogen and oxygen atoms in total. The van der Waals surface area contributed by atoms with Crippen molar-refractivity contribution in [1.29, 1.82) is 0 Å². The molecule has 0 aliphatic carbocycles. The van der Waals surface area contributed by atoms with Crippen LogP contribution < -0.4 is 10.6 Å². The van der Waals surface area contributed by atoms with E-state index in [1.807, 2.05) is 0 Å². The van der Waals surface area contributed by atoms with Gasteiger partial charge in [-0.3, -0.25) is 9.59 Å². The van der Waals surface area contributed by atoms with Gasteiger partial charge in [0, 0.05) is 35.9 Å². The summed E-state index contributed by atoms with van der Waals surface area (Å²) in [6.45, 7) is 8.33. The van der Waals surface area contributed by atoms with E-state index in [2.05, 4.69) is 20.6 Å². The number of halogens is 3. The van der Waals surface area contributed by atoms with Gasteiger partial charge in [0.15, 0.2) is 5.01 Å². The number of hydrogen-bond donors (Lipinski definition) is 3. The van der Waals surface area contributed by atoms with Gasteiger partial charge in [0.2, 0.25) is 0 Å². The first kappa shape index (κ1) is 27.3. The maximum absolute atomic E-state index is 14.3. The lowest BCUT2D eigenvalue weighted by molar-refractivity contribution is -0.137. The smallest absolute Gasteiger partial charge is 0.389 e. The molecule has 2 fully saturated rings. The Balaban J connectivity index is 1.81. The maximum Gasteiger partial charge on any atom is 0.417 e. The van der Waals surface area contributed by atoms with E-state index in [9.17, 15) is 27.9 Å². The van der Waals surface area contributed by atoms with E-state index >= 15 is 0 Å². The zero-order chi connectivity index (χ0) is 27.3. The standard InChI is InChI=1S/C25H32F3N5O3S/c1-23(2,3)32-17-10-16(25(26,27)28)15(11-29-17)19-18(22(35)33-13-6-7-14(33)9-8-13)31-21(37-19)20(34)30-12-24(4,5)36/h10-11,13-14,36H,6-9,12H2,1-5H3,(H,29,32)(H,30,34)/t13-,14-. The highest BCUT2D eigenvalue weighted by molar-refractivity contribution is 7.17. The van der Waals surface area contributed by atoms with E-state index in [0.29, 0.717) is 0 Å². The van der Waals surface area contributed by atoms with Crippen LogP contribution in [-0.4, -0.2) is 61.6 Å². The molecule has 37 heavy (non-hydrogen) atoms. The molecule has 202 valence electrons. The molecular weight excluding hydrogens is 507 g/mol. The summed E-state index contributed by atoms with van der Waals surface area (Å²) in [5.74, 6) is -1.10. The van der Waals surface area contributed by atoms with Crippen molar-refractivity contribution in [2.24, 2.45) is 0 Å². The summed E-state index contributed by atoms with van der Waals surface area (Å²) in [6.07, 6.45) is -0.283. The summed E-state index contributed by atoms with van der Waals surface area (Å²) in [7, 11) is 0. The number of nitrogens with zero attached hydrogens (tertiary/aromatic N) is 3. The minimum absolute atomic E-state index is 0.0260. The van der Waals surface area contributed by atoms with E-state index in [0.717, 1.165) is 49.3 Å². The molecule has 2 saturated heterocycles. The van der Waals surface area contributed by atoms with Gasteiger partial charge in [0.05, 0.1) is 16.0 Å². The Morgan fingerprint density at radius 1 is 1.11 bits per heavy atom. The molecule has 2 aromatic rings. The second kappa shape index (κ2) is 9.54. The molecular formula is C25H32F3N5O3S. The fourth-order valence-corrected chi connectivity index (χ4v) is 5.80. The Labute approximate surface area is 217 Å². The lowest BCUT2D eigenvalue weighted by Gasteiger charge is -2.23. The summed E-state index contributed by atoms with van der Waals surface area (Å²) in [4.78, 5) is 36.6. The lowest BCUT2D eigenvalue weighted by Crippen LogP contribution is -2.38. The highest BCUT2D eigenvalue weighted by atomic mass is 32.1. The average Bonchev–Trinajstić information content (AvgIpc) is 3.49. The van der Waals surface area contributed by atoms with Crippen molar-refractivity contribution in [3.05, 3.63) is 28.5 Å². The van der Waals surface area contributed by atoms with Crippen LogP contribution in [0.3, 0.4) is 0 Å². The molecule has 0 aromatic carbocycles. The monoisotopic (exact) mass is 539 g/mol. The number of fused-ring (bicyclic) bond motifs is 2. The molecule has 4 heterocycles. The number of alkyl halides is 3. The zero-order valence-electron chi connectivity index (χ0n) is 21.5. The van der Waals surface area contributed by atoms with Crippen LogP contribution >= 0.6 is 11.3 Å². The Morgan fingerprint density at radius 2 is 1.70 bits per heavy atom. The van der Waals surface area contributed by atoms with Gasteiger partial charge in [0.25, 0.3) is 11.8 Å². The second-order valence-corrected chi connectivity index (χ2v) is 12.4. The van der Waals surface area contributed by atoms with Crippen LogP contribution in [0.5, 0.6) is 0 Å². The Hall–Kier alpha value is -2.73. The largest absolute Gasteiger partial charge is 0.417 e. The fourth-order valence-electron chi connectivity index (χ4n) is 4.81. The van der Waals surface area contributed by atoms with Crippen LogP contribution in [0.2, 0.25) is 0 Å². The molecule has 2 bridgehead atoms. The average molecular weight is 540 g/mol. The molecule has 0 spiro atoms. The number of hydrogen-bond acceptors (Lipinski definition) is 7. The molecule has 2 aliphatic heterocycles. The molecule has 0 saturated carbocycles. The number of carbonyl (C=O) groups excluding carboxylic acids is 2. The summed E-state index contributed by atoms with van der Waals surface area (Å²) in [6, 6.07) is 0.971. The van der Waals surface area contributed by atoms with Gasteiger partial charge in [-0.05, 0) is 66.4 Å². The zero-order valence-corrected chi connectivity index (χ0v) is 22.3. The van der Waals surface area contributed by atoms with Crippen molar-refractivity contribution < 1.29 is 27.9 Å². The summed E-state index contributed by atoms with van der Waals surface area (Å²) in [5.41, 5.74) is -3.18. The topological polar surface area (TPSA) is 107 Å². The predicted octanol–water partition coefficient (Wildman–Crippen LogP) is 4.70. The van der Waals surface area contributed by atoms with Gasteiger partial charge in [-0.15, -0.1) is 11.3 Å². The normalized spacial score (nSPS) is 19.9. The highest BCUT2D eigenvalue weighted by Gasteiger charge is 2.45. The number of nitrogens with one attached hydrogen (secondary N) is 2. The van der Waals surface area contributed by atoms with Crippen molar-refractivity contribution in [2.75, 3.05) is 11.9 Å². The molecule has 2 amide bonds. The molecule has 2 aromatic heterocycles. The quantitative estimate of drug-likeness (QED) is 0.491. The number of aliphatic hydroxyl groups is 1. The SMILES string of the molecule is CC(C)(O)CNC(=O)c1nc(C(=O)N2[C@H]3CC[C@H]2CC3)c(-c2cnc(NC(C)(C)C)cc2C(F)(F)F)s1. The minimum atomic E-state index is -4.74. The molecule has 0 atom stereocenters. The number of anilines is 1. The van der Waals surface area contributed by atoms with Crippen molar-refractivity contribution in [3.63, 3.8) is 0 Å². The van der Waals surface area contributed by atoms with Gasteiger partial charge < -0.3 is 20.6 Å². The molecule has 4 rings (SSSR count). The van der Waals surface area contributed by atoms with E-state index in [1.165, 1.54) is 13.8 Å². The van der Waals surface area contributed by atoms with Gasteiger partial charge in [-0.1, -0.05) is 0 Å². The van der Waals surface area contributed by atoms with Crippen molar-refractivity contribution in [1.82, 2.24) is 20.2 Å². The Morgan fingerprint density at radius 3 is 2.22 bits per heavy atom. The number of pyridine rings is 1. The number of rotatable bonds is 6. The first-order valence-corrected chi connectivity index (χ1v) is 13.0. The highest BCUT2D eigenvalue weighted by Crippen LogP contribution is 2.44. The molecule has 0 unspecified atom stereocenters. The van der Waals surface area contributed by atoms with Crippen LogP contribution in [0.4, 0.5) is 19.0 Å². The molecule has 12 heteroatoms. The third-order valence-electron chi connectivity index (χ3n) is 6.35. The first-order chi connectivity index (χ1) is 17.0. The third kappa shape index (κ3) is 6.06. The van der Waals surface area contributed by atoms with Gasteiger partial charge in [-0.25, -0.2) is 9.97 Å². The number of carbonyl (C=O) groups is 2. The Kier molecular flexibility index (Phi) is 7.04. The van der Waals surface area contributed by atoms with Crippen molar-refractivity contribution >= 4 is 29.0 Å². The number of amides is 2. The van der Waals surface area contributed by atoms with Crippen LogP contribution in [-0.2, 0) is 6.18 Å². The van der Waals surface area contributed by atoms with E-state index < -0.39 is 34.7 Å². The Bertz CT molecular complexity index is 1180. The number of aromatic nitrogens is 2. The fraction of sp³-hybridized carbons (Fsp3) is 0.600. The summed E-state index contributed by atoms with van der Waals surface area (Å²) >= 11 is 0.718. The maximum atomic E-state index is 14.3. The molecule has 2 aliphatic rings. The van der Waals surface area contributed by atoms with Gasteiger partial charge in [-0.2, -0.15) is 13.2 Å². The van der Waals surface area contributed by atoms with Crippen LogP contribution in [0, 0.1) is 0 Å². The summed E-state index contributed by atoms with van der Waals surface area (Å²) < 4.78 is 42.8. The second-order valence-electron chi connectivity index (χ2n) is 11.4. The van der Waals surface area contributed by atoms with Crippen LogP contribution in [0.25, 0.3) is 10.4 Å². The van der Waals surface area contributed by atoms with E-state index in [-0.39, 0.29) is 45.6 Å². The van der Waals surface area contributed by atoms with E-state index in [4.69, 9.17) is 0 Å². The summed E-state index contributed by atoms with van der Waals surface area (Å²) in [5, 5.41) is 15.3. The minimum Gasteiger partial charge on any atom is -0.389 e. The van der Waals surface area contributed by atoms with Gasteiger partial charge >= 0.3 is 6.18 Å². The van der Waals surface area contributed by atoms with Crippen molar-refractivity contribution in [3.8, 4) is 10.4 Å². The third-order valence-corrected chi connectivity index (χ3v) is 7.44. The van der Waals surface area contributed by atoms with Crippen LogP contribution in [0.15, 0.2) is 12.3 Å². The lowest BCUT2D eigenvalue weighted by atomic mass is 10.0. The molecule has 3 N–H and O–H groups in total. The number of thiazole rings is 1. The van der Waals surface area contributed by atoms with Gasteiger partial charge in [0.1, 0.15) is 11.5 Å². The van der Waals surface area contributed by atoms with Crippen molar-refractivity contribution in [2.45, 2.75) is 89.7 Å².